The summed E-state index contributed by atoms with van der Waals surface area (Å²) in [6, 6.07) is 0. The van der Waals surface area contributed by atoms with Gasteiger partial charge in [0.2, 0.25) is 0 Å². The highest BCUT2D eigenvalue weighted by Crippen LogP contribution is 1.91. The van der Waals surface area contributed by atoms with Crippen LogP contribution < -0.4 is 0 Å². The Bertz CT molecular complexity index is 198. The van der Waals surface area contributed by atoms with Crippen LogP contribution in [0.1, 0.15) is 19.5 Å². The Morgan fingerprint density at radius 1 is 1.50 bits per heavy atom. The van der Waals surface area contributed by atoms with Gasteiger partial charge in [-0.3, -0.25) is 0 Å². The van der Waals surface area contributed by atoms with Crippen molar-refractivity contribution in [3.8, 4) is 0 Å². The highest BCUT2D eigenvalue weighted by molar-refractivity contribution is 4.87. The zero-order valence-corrected chi connectivity index (χ0v) is 8.24. The van der Waals surface area contributed by atoms with Gasteiger partial charge in [-0.1, -0.05) is 19.1 Å². The molecule has 4 heteroatoms. The zero-order chi connectivity index (χ0) is 9.40. The second-order valence-corrected chi connectivity index (χ2v) is 2.09. The first-order chi connectivity index (χ1) is 5.84. The first-order valence-electron chi connectivity index (χ1n) is 4.18. The standard InChI is InChI=1S/C6H11N3O.C2H6/c1-6-5-7-8-9(6)3-4-10-2;1-2/h5H,3-4H2,1-2H3;1-2H3. The summed E-state index contributed by atoms with van der Waals surface area (Å²) in [5, 5.41) is 7.57. The minimum absolute atomic E-state index is 0.685. The molecule has 0 aliphatic heterocycles. The van der Waals surface area contributed by atoms with Gasteiger partial charge in [-0.25, -0.2) is 4.68 Å². The molecule has 0 unspecified atom stereocenters. The Hall–Kier alpha value is -0.900. The van der Waals surface area contributed by atoms with Gasteiger partial charge in [-0.2, -0.15) is 0 Å². The first kappa shape index (κ1) is 11.1. The quantitative estimate of drug-likeness (QED) is 0.687. The lowest BCUT2D eigenvalue weighted by Crippen LogP contribution is -2.07. The van der Waals surface area contributed by atoms with E-state index in [1.807, 2.05) is 25.5 Å². The van der Waals surface area contributed by atoms with Gasteiger partial charge in [-0.05, 0) is 6.92 Å². The van der Waals surface area contributed by atoms with Crippen LogP contribution >= 0.6 is 0 Å². The molecule has 1 aromatic heterocycles. The Labute approximate surface area is 73.5 Å². The van der Waals surface area contributed by atoms with Crippen molar-refractivity contribution in [2.24, 2.45) is 0 Å². The largest absolute Gasteiger partial charge is 0.383 e. The number of nitrogens with zero attached hydrogens (tertiary/aromatic N) is 3. The smallest absolute Gasteiger partial charge is 0.0722 e. The third-order valence-corrected chi connectivity index (χ3v) is 1.32. The minimum atomic E-state index is 0.685. The number of methoxy groups -OCH3 is 1. The predicted molar refractivity (Wildman–Crippen MR) is 48.0 cm³/mol. The van der Waals surface area contributed by atoms with Gasteiger partial charge in [-0.15, -0.1) is 5.10 Å². The molecule has 0 atom stereocenters. The maximum atomic E-state index is 4.88. The molecule has 1 heterocycles. The van der Waals surface area contributed by atoms with Gasteiger partial charge in [0.1, 0.15) is 0 Å². The van der Waals surface area contributed by atoms with Crippen molar-refractivity contribution < 1.29 is 4.74 Å². The van der Waals surface area contributed by atoms with E-state index in [0.717, 1.165) is 12.2 Å². The third kappa shape index (κ3) is 3.48. The van der Waals surface area contributed by atoms with Crippen molar-refractivity contribution >= 4 is 0 Å². The number of hydrogen-bond acceptors (Lipinski definition) is 3. The summed E-state index contributed by atoms with van der Waals surface area (Å²) >= 11 is 0. The molecule has 0 aliphatic carbocycles. The highest BCUT2D eigenvalue weighted by Gasteiger charge is 1.95. The molecule has 12 heavy (non-hydrogen) atoms. The minimum Gasteiger partial charge on any atom is -0.383 e. The van der Waals surface area contributed by atoms with Gasteiger partial charge in [0.05, 0.1) is 25.0 Å². The molecule has 4 nitrogen and oxygen atoms in total. The molecular formula is C8H17N3O. The van der Waals surface area contributed by atoms with Crippen LogP contribution in [0.3, 0.4) is 0 Å². The summed E-state index contributed by atoms with van der Waals surface area (Å²) in [4.78, 5) is 0. The SMILES string of the molecule is CC.COCCn1nncc1C. The fourth-order valence-corrected chi connectivity index (χ4v) is 0.708. The fraction of sp³-hybridized carbons (Fsp3) is 0.750. The van der Waals surface area contributed by atoms with Crippen LogP contribution in [0.25, 0.3) is 0 Å². The van der Waals surface area contributed by atoms with Crippen LogP contribution in [-0.2, 0) is 11.3 Å². The van der Waals surface area contributed by atoms with Crippen molar-refractivity contribution in [2.45, 2.75) is 27.3 Å². The van der Waals surface area contributed by atoms with E-state index in [0.29, 0.717) is 6.61 Å². The van der Waals surface area contributed by atoms with Crippen LogP contribution in [-0.4, -0.2) is 28.7 Å². The average Bonchev–Trinajstić information content (AvgIpc) is 2.51. The monoisotopic (exact) mass is 171 g/mol. The number of rotatable bonds is 3. The van der Waals surface area contributed by atoms with E-state index >= 15 is 0 Å². The second kappa shape index (κ2) is 6.79. The first-order valence-corrected chi connectivity index (χ1v) is 4.18. The second-order valence-electron chi connectivity index (χ2n) is 2.09. The Kier molecular flexibility index (Phi) is 6.28. The lowest BCUT2D eigenvalue weighted by atomic mass is 10.5. The van der Waals surface area contributed by atoms with Crippen molar-refractivity contribution in [3.63, 3.8) is 0 Å². The van der Waals surface area contributed by atoms with Gasteiger partial charge >= 0.3 is 0 Å². The Morgan fingerprint density at radius 2 is 2.17 bits per heavy atom. The lowest BCUT2D eigenvalue weighted by Gasteiger charge is -1.99. The maximum Gasteiger partial charge on any atom is 0.0722 e. The van der Waals surface area contributed by atoms with Crippen molar-refractivity contribution in [2.75, 3.05) is 13.7 Å². The fourth-order valence-electron chi connectivity index (χ4n) is 0.708. The third-order valence-electron chi connectivity index (χ3n) is 1.32. The molecule has 0 amide bonds. The van der Waals surface area contributed by atoms with Gasteiger partial charge < -0.3 is 4.74 Å². The summed E-state index contributed by atoms with van der Waals surface area (Å²) in [5.74, 6) is 0. The van der Waals surface area contributed by atoms with E-state index < -0.39 is 0 Å². The molecule has 1 aromatic rings. The van der Waals surface area contributed by atoms with Crippen LogP contribution in [0.15, 0.2) is 6.20 Å². The Balaban J connectivity index is 0.000000561. The molecule has 0 spiro atoms. The number of aryl methyl sites for hydroxylation is 1. The average molecular weight is 171 g/mol. The van der Waals surface area contributed by atoms with E-state index in [4.69, 9.17) is 4.74 Å². The Morgan fingerprint density at radius 3 is 2.58 bits per heavy atom. The van der Waals surface area contributed by atoms with Crippen molar-refractivity contribution in [3.05, 3.63) is 11.9 Å². The van der Waals surface area contributed by atoms with Crippen LogP contribution in [0.5, 0.6) is 0 Å². The highest BCUT2D eigenvalue weighted by atomic mass is 16.5. The van der Waals surface area contributed by atoms with Crippen molar-refractivity contribution in [1.29, 1.82) is 0 Å². The molecule has 0 radical (unpaired) electrons. The van der Waals surface area contributed by atoms with Gasteiger partial charge in [0.15, 0.2) is 0 Å². The van der Waals surface area contributed by atoms with Crippen molar-refractivity contribution in [1.82, 2.24) is 15.0 Å². The number of hydrogen-bond donors (Lipinski definition) is 0. The van der Waals surface area contributed by atoms with E-state index in [9.17, 15) is 0 Å². The molecule has 70 valence electrons. The zero-order valence-electron chi connectivity index (χ0n) is 8.24. The summed E-state index contributed by atoms with van der Waals surface area (Å²) in [6.07, 6.45) is 1.73. The van der Waals surface area contributed by atoms with E-state index in [-0.39, 0.29) is 0 Å². The van der Waals surface area contributed by atoms with Gasteiger partial charge in [0.25, 0.3) is 0 Å². The molecular weight excluding hydrogens is 154 g/mol. The van der Waals surface area contributed by atoms with E-state index in [1.165, 1.54) is 0 Å². The number of ether oxygens (including phenoxy) is 1. The molecule has 0 aromatic carbocycles. The summed E-state index contributed by atoms with van der Waals surface area (Å²) < 4.78 is 6.69. The molecule has 0 fully saturated rings. The predicted octanol–water partition coefficient (Wildman–Crippen LogP) is 1.26. The summed E-state index contributed by atoms with van der Waals surface area (Å²) in [7, 11) is 1.67. The van der Waals surface area contributed by atoms with E-state index in [1.54, 1.807) is 13.3 Å². The van der Waals surface area contributed by atoms with E-state index in [2.05, 4.69) is 10.3 Å². The number of aromatic nitrogens is 3. The molecule has 0 bridgehead atoms. The normalized spacial score (nSPS) is 9.00. The summed E-state index contributed by atoms with van der Waals surface area (Å²) in [6.45, 7) is 7.43. The molecule has 0 saturated carbocycles. The van der Waals surface area contributed by atoms with Crippen LogP contribution in [0.2, 0.25) is 0 Å². The summed E-state index contributed by atoms with van der Waals surface area (Å²) in [5.41, 5.74) is 1.07. The molecule has 1 rings (SSSR count). The molecule has 0 aliphatic rings. The molecule has 0 saturated heterocycles. The lowest BCUT2D eigenvalue weighted by molar-refractivity contribution is 0.182. The maximum absolute atomic E-state index is 4.88. The topological polar surface area (TPSA) is 39.9 Å². The molecule has 0 N–H and O–H groups in total. The van der Waals surface area contributed by atoms with Crippen LogP contribution in [0, 0.1) is 6.92 Å². The van der Waals surface area contributed by atoms with Gasteiger partial charge in [0, 0.05) is 7.11 Å². The van der Waals surface area contributed by atoms with Crippen LogP contribution in [0.4, 0.5) is 0 Å².